The molecule has 0 atom stereocenters. The third-order valence-corrected chi connectivity index (χ3v) is 4.08. The first-order chi connectivity index (χ1) is 9.29. The number of aromatic amines is 1. The smallest absolute Gasteiger partial charge is 0.274 e. The van der Waals surface area contributed by atoms with E-state index in [1.54, 1.807) is 22.3 Å². The Balaban J connectivity index is 1.79. The van der Waals surface area contributed by atoms with Crippen molar-refractivity contribution in [2.75, 3.05) is 13.2 Å². The molecule has 2 N–H and O–H groups in total. The fourth-order valence-electron chi connectivity index (χ4n) is 2.08. The topological polar surface area (TPSA) is 69.2 Å². The molecular weight excluding hydrogens is 262 g/mol. The number of carbonyl (C=O) groups excluding carboxylic acids is 1. The lowest BCUT2D eigenvalue weighted by atomic mass is 10.3. The van der Waals surface area contributed by atoms with E-state index in [2.05, 4.69) is 10.2 Å². The van der Waals surface area contributed by atoms with Crippen LogP contribution in [-0.2, 0) is 0 Å². The van der Waals surface area contributed by atoms with Crippen LogP contribution in [0.25, 0.3) is 10.6 Å². The van der Waals surface area contributed by atoms with Gasteiger partial charge in [0, 0.05) is 12.6 Å². The molecule has 6 heteroatoms. The van der Waals surface area contributed by atoms with Crippen LogP contribution in [-0.4, -0.2) is 45.3 Å². The molecule has 0 aromatic carbocycles. The second-order valence-electron chi connectivity index (χ2n) is 4.60. The number of hydrogen-bond acceptors (Lipinski definition) is 4. The Morgan fingerprint density at radius 1 is 1.58 bits per heavy atom. The van der Waals surface area contributed by atoms with Gasteiger partial charge in [-0.15, -0.1) is 11.3 Å². The molecule has 0 bridgehead atoms. The number of aromatic nitrogens is 2. The summed E-state index contributed by atoms with van der Waals surface area (Å²) in [4.78, 5) is 15.1. The highest BCUT2D eigenvalue weighted by Gasteiger charge is 2.33. The van der Waals surface area contributed by atoms with Gasteiger partial charge < -0.3 is 10.0 Å². The maximum Gasteiger partial charge on any atom is 0.274 e. The molecule has 0 spiro atoms. The molecule has 1 fully saturated rings. The van der Waals surface area contributed by atoms with Gasteiger partial charge in [0.1, 0.15) is 0 Å². The van der Waals surface area contributed by atoms with Crippen LogP contribution in [0, 0.1) is 0 Å². The van der Waals surface area contributed by atoms with Crippen LogP contribution >= 0.6 is 11.3 Å². The minimum absolute atomic E-state index is 0.00948. The number of H-pyrrole nitrogens is 1. The van der Waals surface area contributed by atoms with E-state index < -0.39 is 0 Å². The highest BCUT2D eigenvalue weighted by molar-refractivity contribution is 7.13. The lowest BCUT2D eigenvalue weighted by Gasteiger charge is -2.19. The molecule has 3 rings (SSSR count). The van der Waals surface area contributed by atoms with Gasteiger partial charge in [-0.05, 0) is 30.4 Å². The summed E-state index contributed by atoms with van der Waals surface area (Å²) in [6.45, 7) is 0.370. The van der Waals surface area contributed by atoms with Crippen LogP contribution in [0.1, 0.15) is 23.3 Å². The second-order valence-corrected chi connectivity index (χ2v) is 5.55. The van der Waals surface area contributed by atoms with E-state index in [9.17, 15) is 4.79 Å². The summed E-state index contributed by atoms with van der Waals surface area (Å²) in [5, 5.41) is 18.0. The molecule has 19 heavy (non-hydrogen) atoms. The molecule has 1 aliphatic rings. The number of hydrogen-bond donors (Lipinski definition) is 2. The summed E-state index contributed by atoms with van der Waals surface area (Å²) in [5.41, 5.74) is 1.28. The fourth-order valence-corrected chi connectivity index (χ4v) is 2.77. The number of nitrogens with one attached hydrogen (secondary N) is 1. The zero-order valence-electron chi connectivity index (χ0n) is 10.4. The third-order valence-electron chi connectivity index (χ3n) is 3.17. The van der Waals surface area contributed by atoms with Crippen molar-refractivity contribution in [3.63, 3.8) is 0 Å². The maximum absolute atomic E-state index is 12.3. The molecule has 100 valence electrons. The first-order valence-electron chi connectivity index (χ1n) is 6.30. The summed E-state index contributed by atoms with van der Waals surface area (Å²) in [7, 11) is 0. The van der Waals surface area contributed by atoms with Gasteiger partial charge in [-0.25, -0.2) is 0 Å². The molecule has 1 amide bonds. The van der Waals surface area contributed by atoms with Crippen molar-refractivity contribution in [3.8, 4) is 10.6 Å². The molecule has 1 aliphatic carbocycles. The minimum Gasteiger partial charge on any atom is -0.395 e. The van der Waals surface area contributed by atoms with Gasteiger partial charge >= 0.3 is 0 Å². The first-order valence-corrected chi connectivity index (χ1v) is 7.18. The molecule has 0 saturated heterocycles. The zero-order chi connectivity index (χ0) is 13.2. The second kappa shape index (κ2) is 5.14. The zero-order valence-corrected chi connectivity index (χ0v) is 11.2. The number of nitrogens with zero attached hydrogens (tertiary/aromatic N) is 2. The minimum atomic E-state index is -0.101. The highest BCUT2D eigenvalue weighted by atomic mass is 32.1. The number of thiophene rings is 1. The number of amides is 1. The molecule has 2 aromatic rings. The van der Waals surface area contributed by atoms with Gasteiger partial charge in [0.05, 0.1) is 17.2 Å². The average Bonchev–Trinajstić information content (AvgIpc) is 2.95. The van der Waals surface area contributed by atoms with E-state index in [1.807, 2.05) is 17.5 Å². The summed E-state index contributed by atoms with van der Waals surface area (Å²) >= 11 is 1.60. The predicted molar refractivity (Wildman–Crippen MR) is 73.0 cm³/mol. The molecule has 0 unspecified atom stereocenters. The van der Waals surface area contributed by atoms with E-state index in [-0.39, 0.29) is 18.6 Å². The number of aliphatic hydroxyl groups is 1. The van der Waals surface area contributed by atoms with Gasteiger partial charge in [-0.2, -0.15) is 5.10 Å². The lowest BCUT2D eigenvalue weighted by molar-refractivity contribution is 0.0701. The van der Waals surface area contributed by atoms with Gasteiger partial charge in [0.2, 0.25) is 0 Å². The number of carbonyl (C=O) groups is 1. The normalized spacial score (nSPS) is 14.6. The van der Waals surface area contributed by atoms with Crippen molar-refractivity contribution in [2.24, 2.45) is 0 Å². The Labute approximate surface area is 114 Å². The Morgan fingerprint density at radius 2 is 2.42 bits per heavy atom. The molecular formula is C13H15N3O2S. The van der Waals surface area contributed by atoms with E-state index in [0.29, 0.717) is 12.2 Å². The third kappa shape index (κ3) is 2.54. The maximum atomic E-state index is 12.3. The van der Waals surface area contributed by atoms with Crippen LogP contribution in [0.3, 0.4) is 0 Å². The SMILES string of the molecule is O=C(c1cc(-c2cccs2)[nH]n1)N(CCO)C1CC1. The van der Waals surface area contributed by atoms with Crippen molar-refractivity contribution in [3.05, 3.63) is 29.3 Å². The van der Waals surface area contributed by atoms with Crippen LogP contribution < -0.4 is 0 Å². The Kier molecular flexibility index (Phi) is 3.35. The van der Waals surface area contributed by atoms with Gasteiger partial charge in [-0.3, -0.25) is 9.89 Å². The summed E-state index contributed by atoms with van der Waals surface area (Å²) in [5.74, 6) is -0.101. The van der Waals surface area contributed by atoms with Crippen molar-refractivity contribution < 1.29 is 9.90 Å². The number of aliphatic hydroxyl groups excluding tert-OH is 1. The summed E-state index contributed by atoms with van der Waals surface area (Å²) in [6, 6.07) is 6.01. The quantitative estimate of drug-likeness (QED) is 0.874. The first kappa shape index (κ1) is 12.4. The Bertz CT molecular complexity index is 560. The van der Waals surface area contributed by atoms with Gasteiger partial charge in [0.25, 0.3) is 5.91 Å². The average molecular weight is 277 g/mol. The highest BCUT2D eigenvalue weighted by Crippen LogP contribution is 2.29. The van der Waals surface area contributed by atoms with Crippen molar-refractivity contribution in [2.45, 2.75) is 18.9 Å². The monoisotopic (exact) mass is 277 g/mol. The van der Waals surface area contributed by atoms with E-state index in [1.165, 1.54) is 0 Å². The van der Waals surface area contributed by atoms with Crippen molar-refractivity contribution >= 4 is 17.2 Å². The van der Waals surface area contributed by atoms with Crippen LogP contribution in [0.5, 0.6) is 0 Å². The lowest BCUT2D eigenvalue weighted by Crippen LogP contribution is -2.35. The molecule has 2 aromatic heterocycles. The summed E-state index contributed by atoms with van der Waals surface area (Å²) < 4.78 is 0. The van der Waals surface area contributed by atoms with E-state index in [4.69, 9.17) is 5.11 Å². The van der Waals surface area contributed by atoms with Crippen LogP contribution in [0.4, 0.5) is 0 Å². The van der Waals surface area contributed by atoms with Crippen molar-refractivity contribution in [1.29, 1.82) is 0 Å². The van der Waals surface area contributed by atoms with E-state index in [0.717, 1.165) is 23.4 Å². The van der Waals surface area contributed by atoms with Crippen LogP contribution in [0.2, 0.25) is 0 Å². The standard InChI is InChI=1S/C13H15N3O2S/c17-6-5-16(9-3-4-9)13(18)11-8-10(14-15-11)12-2-1-7-19-12/h1-2,7-9,17H,3-6H2,(H,14,15). The fraction of sp³-hybridized carbons (Fsp3) is 0.385. The van der Waals surface area contributed by atoms with Crippen LogP contribution in [0.15, 0.2) is 23.6 Å². The predicted octanol–water partition coefficient (Wildman–Crippen LogP) is 1.74. The largest absolute Gasteiger partial charge is 0.395 e. The van der Waals surface area contributed by atoms with Gasteiger partial charge in [0.15, 0.2) is 5.69 Å². The van der Waals surface area contributed by atoms with Crippen molar-refractivity contribution in [1.82, 2.24) is 15.1 Å². The Morgan fingerprint density at radius 3 is 3.05 bits per heavy atom. The molecule has 0 aliphatic heterocycles. The number of rotatable bonds is 5. The van der Waals surface area contributed by atoms with Gasteiger partial charge in [-0.1, -0.05) is 6.07 Å². The van der Waals surface area contributed by atoms with E-state index >= 15 is 0 Å². The summed E-state index contributed by atoms with van der Waals surface area (Å²) in [6.07, 6.45) is 2.04. The molecule has 0 radical (unpaired) electrons. The molecule has 1 saturated carbocycles. The molecule has 5 nitrogen and oxygen atoms in total. The molecule has 2 heterocycles. The Hall–Kier alpha value is -1.66.